The average molecular weight is 1650 g/mol. The maximum Gasteiger partial charge on any atom is 0.220 e. The summed E-state index contributed by atoms with van der Waals surface area (Å²) in [5, 5.41) is 121. The van der Waals surface area contributed by atoms with Crippen molar-refractivity contribution in [3.63, 3.8) is 0 Å². The Morgan fingerprint density at radius 2 is 0.590 bits per heavy atom. The van der Waals surface area contributed by atoms with Crippen LogP contribution in [0.25, 0.3) is 0 Å². The number of carbonyl (C=O) groups excluding carboxylic acids is 1. The Morgan fingerprint density at radius 1 is 0.316 bits per heavy atom. The third-order valence-corrected chi connectivity index (χ3v) is 22.5. The van der Waals surface area contributed by atoms with E-state index in [1.54, 1.807) is 0 Å². The molecule has 0 aliphatic carbocycles. The predicted octanol–water partition coefficient (Wildman–Crippen LogP) is 18.7. The second-order valence-corrected chi connectivity index (χ2v) is 32.7. The van der Waals surface area contributed by atoms with E-state index in [4.69, 9.17) is 28.4 Å². The van der Waals surface area contributed by atoms with E-state index in [-0.39, 0.29) is 18.9 Å². The van der Waals surface area contributed by atoms with E-state index in [1.807, 2.05) is 0 Å². The van der Waals surface area contributed by atoms with Crippen molar-refractivity contribution in [2.45, 2.75) is 452 Å². The second-order valence-electron chi connectivity index (χ2n) is 32.7. The van der Waals surface area contributed by atoms with Crippen LogP contribution in [0, 0.1) is 0 Å². The standard InChI is InChI=1S/C98H169NO18/c1-3-5-7-9-11-13-15-17-19-21-23-25-27-29-31-33-35-36-37-38-39-40-41-42-43-44-46-48-50-52-54-56-58-60-62-64-66-68-70-72-74-76-86(104)99-81(82(103)75-73-71-69-67-65-63-61-59-57-55-53-51-49-47-45-34-32-30-28-26-24-22-20-18-16-14-12-10-8-6-4-2)80-112-96-92(110)89(107)94(84(78-101)114-96)117-98-93(111)90(108)95(85(79-102)115-98)116-97-91(109)88(106)87(105)83(77-100)113-97/h5,7,11,13,17,19,23,25,29,31,35-36,38-39,41-42,44,46,50,52,56,58,81-85,87-98,100-103,105-111H,3-4,6,8-10,12,14-16,18,20-22,24,26-28,30,32-34,37,40,43,45,47-49,51,53-55,57,59-80H2,1-2H3,(H,99,104)/b7-5-,13-11-,19-17-,25-23-,31-29-,36-35-,39-38-,42-41-,46-44-,52-50-,58-56-. The van der Waals surface area contributed by atoms with Crippen LogP contribution in [0.2, 0.25) is 0 Å². The van der Waals surface area contributed by atoms with Crippen LogP contribution < -0.4 is 5.32 Å². The van der Waals surface area contributed by atoms with Crippen LogP contribution in [-0.4, -0.2) is 193 Å². The monoisotopic (exact) mass is 1650 g/mol. The van der Waals surface area contributed by atoms with Crippen molar-refractivity contribution >= 4 is 5.91 Å². The number of rotatable bonds is 75. The van der Waals surface area contributed by atoms with Crippen molar-refractivity contribution in [3.05, 3.63) is 134 Å². The Bertz CT molecular complexity index is 2630. The lowest BCUT2D eigenvalue weighted by atomic mass is 9.96. The lowest BCUT2D eigenvalue weighted by Gasteiger charge is -2.48. The first kappa shape index (κ1) is 107. The molecular weight excluding hydrogens is 1480 g/mol. The van der Waals surface area contributed by atoms with Crippen LogP contribution in [0.3, 0.4) is 0 Å². The second kappa shape index (κ2) is 75.7. The highest BCUT2D eigenvalue weighted by Crippen LogP contribution is 2.34. The molecule has 3 aliphatic rings. The molecule has 12 N–H and O–H groups in total. The molecule has 674 valence electrons. The van der Waals surface area contributed by atoms with Crippen LogP contribution >= 0.6 is 0 Å². The molecule has 0 saturated carbocycles. The van der Waals surface area contributed by atoms with Crippen molar-refractivity contribution in [2.75, 3.05) is 26.4 Å². The molecule has 3 rings (SSSR count). The first-order valence-corrected chi connectivity index (χ1v) is 46.9. The van der Waals surface area contributed by atoms with E-state index in [1.165, 1.54) is 173 Å². The van der Waals surface area contributed by atoms with Gasteiger partial charge < -0.3 is 89.9 Å². The maximum atomic E-state index is 13.6. The fraction of sp³-hybridized carbons (Fsp3) is 0.765. The Morgan fingerprint density at radius 3 is 0.923 bits per heavy atom. The summed E-state index contributed by atoms with van der Waals surface area (Å²) in [7, 11) is 0. The highest BCUT2D eigenvalue weighted by atomic mass is 16.8. The number of carbonyl (C=O) groups is 1. The van der Waals surface area contributed by atoms with Gasteiger partial charge in [0.25, 0.3) is 0 Å². The third kappa shape index (κ3) is 53.6. The van der Waals surface area contributed by atoms with E-state index in [0.29, 0.717) is 12.8 Å². The Kier molecular flexibility index (Phi) is 69.3. The fourth-order valence-corrected chi connectivity index (χ4v) is 15.1. The van der Waals surface area contributed by atoms with Gasteiger partial charge in [-0.05, 0) is 96.3 Å². The molecule has 0 aromatic heterocycles. The molecule has 0 spiro atoms. The zero-order valence-electron chi connectivity index (χ0n) is 72.9. The minimum Gasteiger partial charge on any atom is -0.394 e. The molecule has 17 atom stereocenters. The Balaban J connectivity index is 1.32. The van der Waals surface area contributed by atoms with E-state index in [2.05, 4.69) is 153 Å². The lowest BCUT2D eigenvalue weighted by molar-refractivity contribution is -0.379. The van der Waals surface area contributed by atoms with Crippen LogP contribution in [0.15, 0.2) is 134 Å². The zero-order valence-corrected chi connectivity index (χ0v) is 72.9. The first-order chi connectivity index (χ1) is 57.3. The molecular formula is C98H169NO18. The van der Waals surface area contributed by atoms with E-state index in [0.717, 1.165) is 141 Å². The summed E-state index contributed by atoms with van der Waals surface area (Å²) in [6, 6.07) is -0.906. The summed E-state index contributed by atoms with van der Waals surface area (Å²) < 4.78 is 34.6. The number of unbranched alkanes of at least 4 members (excludes halogenated alkanes) is 37. The number of hydrogen-bond donors (Lipinski definition) is 12. The van der Waals surface area contributed by atoms with Gasteiger partial charge >= 0.3 is 0 Å². The summed E-state index contributed by atoms with van der Waals surface area (Å²) >= 11 is 0. The van der Waals surface area contributed by atoms with Crippen LogP contribution in [0.4, 0.5) is 0 Å². The van der Waals surface area contributed by atoms with Crippen LogP contribution in [-0.2, 0) is 33.2 Å². The fourth-order valence-electron chi connectivity index (χ4n) is 15.1. The first-order valence-electron chi connectivity index (χ1n) is 46.9. The summed E-state index contributed by atoms with van der Waals surface area (Å²) in [6.45, 7) is 1.71. The van der Waals surface area contributed by atoms with Gasteiger partial charge in [-0.1, -0.05) is 379 Å². The van der Waals surface area contributed by atoms with Crippen molar-refractivity contribution < 1.29 is 89.4 Å². The number of amides is 1. The molecule has 19 heteroatoms. The minimum absolute atomic E-state index is 0.246. The number of nitrogens with one attached hydrogen (secondary N) is 1. The molecule has 0 aromatic rings. The van der Waals surface area contributed by atoms with Gasteiger partial charge in [-0.15, -0.1) is 0 Å². The molecule has 0 aromatic carbocycles. The normalized spacial score (nSPS) is 25.0. The molecule has 0 radical (unpaired) electrons. The van der Waals surface area contributed by atoms with Gasteiger partial charge in [0, 0.05) is 6.42 Å². The van der Waals surface area contributed by atoms with Crippen molar-refractivity contribution in [3.8, 4) is 0 Å². The zero-order chi connectivity index (χ0) is 84.5. The topological polar surface area (TPSA) is 307 Å². The summed E-state index contributed by atoms with van der Waals surface area (Å²) in [5.74, 6) is -0.255. The average Bonchev–Trinajstić information content (AvgIpc) is 0.778. The number of aliphatic hydroxyl groups excluding tert-OH is 11. The highest BCUT2D eigenvalue weighted by molar-refractivity contribution is 5.76. The van der Waals surface area contributed by atoms with E-state index in [9.17, 15) is 61.0 Å². The molecule has 3 heterocycles. The molecule has 3 aliphatic heterocycles. The largest absolute Gasteiger partial charge is 0.394 e. The van der Waals surface area contributed by atoms with Gasteiger partial charge in [0.05, 0.1) is 38.6 Å². The maximum absolute atomic E-state index is 13.6. The number of allylic oxidation sites excluding steroid dienone is 22. The van der Waals surface area contributed by atoms with Crippen molar-refractivity contribution in [1.29, 1.82) is 0 Å². The highest BCUT2D eigenvalue weighted by Gasteiger charge is 2.54. The number of aliphatic hydroxyl groups is 11. The Labute approximate surface area is 709 Å². The van der Waals surface area contributed by atoms with Gasteiger partial charge in [0.1, 0.15) is 73.2 Å². The van der Waals surface area contributed by atoms with Gasteiger partial charge in [0.2, 0.25) is 5.91 Å². The van der Waals surface area contributed by atoms with Crippen LogP contribution in [0.1, 0.15) is 348 Å². The molecule has 3 fully saturated rings. The SMILES string of the molecule is CC/C=C\C/C=C\C/C=C\C/C=C\C/C=C\C/C=C\C/C=C\C/C=C\C/C=C\C/C=C\C/C=C\CCCCCCCCCC(=O)NC(COC1OC(CO)C(OC2OC(CO)C(OC3OC(CO)C(O)C(O)C3O)C(O)C2O)C(O)C1O)C(O)CCCCCCCCCCCCCCCCCCCCCCCCCCCCCCCCC. The van der Waals surface area contributed by atoms with Gasteiger partial charge in [-0.3, -0.25) is 4.79 Å². The molecule has 1 amide bonds. The number of ether oxygens (including phenoxy) is 6. The molecule has 0 bridgehead atoms. The Hall–Kier alpha value is -4.07. The van der Waals surface area contributed by atoms with Crippen molar-refractivity contribution in [1.82, 2.24) is 5.32 Å². The third-order valence-electron chi connectivity index (χ3n) is 22.5. The minimum atomic E-state index is -1.98. The van der Waals surface area contributed by atoms with Crippen molar-refractivity contribution in [2.24, 2.45) is 0 Å². The quantitative estimate of drug-likeness (QED) is 0.0199. The number of hydrogen-bond acceptors (Lipinski definition) is 18. The summed E-state index contributed by atoms with van der Waals surface area (Å²) in [6.07, 6.45) is 82.7. The smallest absolute Gasteiger partial charge is 0.220 e. The van der Waals surface area contributed by atoms with E-state index >= 15 is 0 Å². The lowest BCUT2D eigenvalue weighted by Crippen LogP contribution is -2.66. The van der Waals surface area contributed by atoms with Gasteiger partial charge in [-0.25, -0.2) is 0 Å². The molecule has 19 nitrogen and oxygen atoms in total. The van der Waals surface area contributed by atoms with Crippen LogP contribution in [0.5, 0.6) is 0 Å². The van der Waals surface area contributed by atoms with Gasteiger partial charge in [-0.2, -0.15) is 0 Å². The predicted molar refractivity (Wildman–Crippen MR) is 475 cm³/mol. The van der Waals surface area contributed by atoms with E-state index < -0.39 is 124 Å². The molecule has 3 saturated heterocycles. The summed E-state index contributed by atoms with van der Waals surface area (Å²) in [5.41, 5.74) is 0. The molecule has 17 unspecified atom stereocenters. The van der Waals surface area contributed by atoms with Gasteiger partial charge in [0.15, 0.2) is 18.9 Å². The molecule has 117 heavy (non-hydrogen) atoms. The summed E-state index contributed by atoms with van der Waals surface area (Å²) in [4.78, 5) is 13.6.